The summed E-state index contributed by atoms with van der Waals surface area (Å²) in [4.78, 5) is 0. The van der Waals surface area contributed by atoms with Gasteiger partial charge in [0.2, 0.25) is 0 Å². The van der Waals surface area contributed by atoms with Crippen LogP contribution in [0.4, 0.5) is 10.1 Å². The van der Waals surface area contributed by atoms with Crippen LogP contribution in [0.25, 0.3) is 17.2 Å². The SMILES string of the molecule is C=Cc1ccc(F)cc1-c1ccc(N)cc1. The van der Waals surface area contributed by atoms with Crippen molar-refractivity contribution in [2.75, 3.05) is 5.73 Å². The second-order valence-electron chi connectivity index (χ2n) is 3.56. The highest BCUT2D eigenvalue weighted by Gasteiger charge is 2.04. The maximum absolute atomic E-state index is 13.2. The van der Waals surface area contributed by atoms with Gasteiger partial charge in [0.15, 0.2) is 0 Å². The molecule has 0 aliphatic rings. The summed E-state index contributed by atoms with van der Waals surface area (Å²) >= 11 is 0. The Balaban J connectivity index is 2.57. The lowest BCUT2D eigenvalue weighted by Gasteiger charge is -2.06. The summed E-state index contributed by atoms with van der Waals surface area (Å²) < 4.78 is 13.2. The first-order valence-corrected chi connectivity index (χ1v) is 4.98. The van der Waals surface area contributed by atoms with Gasteiger partial charge >= 0.3 is 0 Å². The maximum atomic E-state index is 13.2. The zero-order chi connectivity index (χ0) is 11.5. The van der Waals surface area contributed by atoms with E-state index in [0.717, 1.165) is 16.7 Å². The van der Waals surface area contributed by atoms with Crippen LogP contribution in [0, 0.1) is 5.82 Å². The molecule has 0 aliphatic heterocycles. The van der Waals surface area contributed by atoms with Crippen LogP contribution in [0.15, 0.2) is 49.0 Å². The minimum absolute atomic E-state index is 0.252. The number of nitrogens with two attached hydrogens (primary N) is 1. The molecule has 0 spiro atoms. The average Bonchev–Trinajstić information content (AvgIpc) is 2.30. The van der Waals surface area contributed by atoms with Crippen LogP contribution in [0.2, 0.25) is 0 Å². The van der Waals surface area contributed by atoms with Gasteiger partial charge in [-0.3, -0.25) is 0 Å². The Morgan fingerprint density at radius 1 is 1.06 bits per heavy atom. The van der Waals surface area contributed by atoms with Crippen molar-refractivity contribution in [2.24, 2.45) is 0 Å². The number of hydrogen-bond acceptors (Lipinski definition) is 1. The van der Waals surface area contributed by atoms with Crippen LogP contribution in [0.5, 0.6) is 0 Å². The molecule has 2 aromatic carbocycles. The smallest absolute Gasteiger partial charge is 0.123 e. The van der Waals surface area contributed by atoms with Crippen molar-refractivity contribution >= 4 is 11.8 Å². The van der Waals surface area contributed by atoms with Gasteiger partial charge in [-0.15, -0.1) is 0 Å². The molecule has 80 valence electrons. The monoisotopic (exact) mass is 213 g/mol. The van der Waals surface area contributed by atoms with Gasteiger partial charge < -0.3 is 5.73 Å². The van der Waals surface area contributed by atoms with Crippen molar-refractivity contribution in [3.05, 3.63) is 60.4 Å². The van der Waals surface area contributed by atoms with Gasteiger partial charge in [0, 0.05) is 5.69 Å². The van der Waals surface area contributed by atoms with Gasteiger partial charge in [0.25, 0.3) is 0 Å². The van der Waals surface area contributed by atoms with E-state index < -0.39 is 0 Å². The summed E-state index contributed by atoms with van der Waals surface area (Å²) in [6.07, 6.45) is 1.71. The van der Waals surface area contributed by atoms with E-state index in [1.807, 2.05) is 12.1 Å². The van der Waals surface area contributed by atoms with E-state index in [-0.39, 0.29) is 5.82 Å². The first kappa shape index (κ1) is 10.4. The Morgan fingerprint density at radius 2 is 1.75 bits per heavy atom. The number of hydrogen-bond donors (Lipinski definition) is 1. The van der Waals surface area contributed by atoms with E-state index in [1.54, 1.807) is 24.3 Å². The van der Waals surface area contributed by atoms with Crippen LogP contribution in [-0.2, 0) is 0 Å². The molecule has 1 nitrogen and oxygen atoms in total. The summed E-state index contributed by atoms with van der Waals surface area (Å²) in [7, 11) is 0. The molecular weight excluding hydrogens is 201 g/mol. The first-order valence-electron chi connectivity index (χ1n) is 4.98. The molecular formula is C14H12FN. The van der Waals surface area contributed by atoms with Gasteiger partial charge in [-0.2, -0.15) is 0 Å². The number of rotatable bonds is 2. The second kappa shape index (κ2) is 4.19. The van der Waals surface area contributed by atoms with Crippen LogP contribution >= 0.6 is 0 Å². The van der Waals surface area contributed by atoms with Gasteiger partial charge in [-0.1, -0.05) is 30.9 Å². The van der Waals surface area contributed by atoms with Gasteiger partial charge in [0.1, 0.15) is 5.82 Å². The zero-order valence-corrected chi connectivity index (χ0v) is 8.78. The van der Waals surface area contributed by atoms with Crippen LogP contribution < -0.4 is 5.73 Å². The highest BCUT2D eigenvalue weighted by molar-refractivity contribution is 5.75. The van der Waals surface area contributed by atoms with Gasteiger partial charge in [-0.05, 0) is 41.0 Å². The number of anilines is 1. The van der Waals surface area contributed by atoms with E-state index >= 15 is 0 Å². The molecule has 2 N–H and O–H groups in total. The molecule has 0 saturated carbocycles. The van der Waals surface area contributed by atoms with Gasteiger partial charge in [-0.25, -0.2) is 4.39 Å². The Morgan fingerprint density at radius 3 is 2.38 bits per heavy atom. The van der Waals surface area contributed by atoms with Crippen LogP contribution in [0.3, 0.4) is 0 Å². The van der Waals surface area contributed by atoms with Crippen molar-refractivity contribution in [3.63, 3.8) is 0 Å². The van der Waals surface area contributed by atoms with Crippen molar-refractivity contribution in [1.82, 2.24) is 0 Å². The van der Waals surface area contributed by atoms with Crippen LogP contribution in [-0.4, -0.2) is 0 Å². The van der Waals surface area contributed by atoms with Crippen molar-refractivity contribution in [2.45, 2.75) is 0 Å². The molecule has 2 heteroatoms. The molecule has 0 saturated heterocycles. The third-order valence-corrected chi connectivity index (χ3v) is 2.46. The molecule has 0 bridgehead atoms. The topological polar surface area (TPSA) is 26.0 Å². The molecule has 0 fully saturated rings. The molecule has 0 aromatic heterocycles. The fourth-order valence-electron chi connectivity index (χ4n) is 1.62. The third kappa shape index (κ3) is 1.96. The summed E-state index contributed by atoms with van der Waals surface area (Å²) in [6, 6.07) is 12.0. The van der Waals surface area contributed by atoms with Crippen molar-refractivity contribution in [1.29, 1.82) is 0 Å². The quantitative estimate of drug-likeness (QED) is 0.756. The number of nitrogen functional groups attached to an aromatic ring is 1. The first-order chi connectivity index (χ1) is 7.70. The van der Waals surface area contributed by atoms with E-state index in [2.05, 4.69) is 6.58 Å². The van der Waals surface area contributed by atoms with Crippen molar-refractivity contribution in [3.8, 4) is 11.1 Å². The standard InChI is InChI=1S/C14H12FN/c1-2-10-3-6-12(15)9-14(10)11-4-7-13(16)8-5-11/h2-9H,1,16H2. The Bertz CT molecular complexity index is 515. The zero-order valence-electron chi connectivity index (χ0n) is 8.78. The Labute approximate surface area is 94.0 Å². The number of halogens is 1. The minimum Gasteiger partial charge on any atom is -0.399 e. The number of benzene rings is 2. The summed E-state index contributed by atoms with van der Waals surface area (Å²) in [5.74, 6) is -0.252. The lowest BCUT2D eigenvalue weighted by Crippen LogP contribution is -1.87. The maximum Gasteiger partial charge on any atom is 0.123 e. The van der Waals surface area contributed by atoms with E-state index in [9.17, 15) is 4.39 Å². The molecule has 0 atom stereocenters. The molecule has 0 unspecified atom stereocenters. The molecule has 2 aromatic rings. The predicted molar refractivity (Wildman–Crippen MR) is 66.3 cm³/mol. The van der Waals surface area contributed by atoms with E-state index in [1.165, 1.54) is 12.1 Å². The molecule has 2 rings (SSSR count). The molecule has 0 heterocycles. The summed E-state index contributed by atoms with van der Waals surface area (Å²) in [5, 5.41) is 0. The summed E-state index contributed by atoms with van der Waals surface area (Å²) in [5.41, 5.74) is 8.98. The molecule has 0 aliphatic carbocycles. The fourth-order valence-corrected chi connectivity index (χ4v) is 1.62. The fraction of sp³-hybridized carbons (Fsp3) is 0. The predicted octanol–water partition coefficient (Wildman–Crippen LogP) is 3.72. The van der Waals surface area contributed by atoms with Crippen molar-refractivity contribution < 1.29 is 4.39 Å². The Hall–Kier alpha value is -2.09. The lowest BCUT2D eigenvalue weighted by molar-refractivity contribution is 0.628. The summed E-state index contributed by atoms with van der Waals surface area (Å²) in [6.45, 7) is 3.72. The molecule has 0 radical (unpaired) electrons. The van der Waals surface area contributed by atoms with E-state index in [4.69, 9.17) is 5.73 Å². The molecule has 16 heavy (non-hydrogen) atoms. The minimum atomic E-state index is -0.252. The highest BCUT2D eigenvalue weighted by Crippen LogP contribution is 2.26. The third-order valence-electron chi connectivity index (χ3n) is 2.46. The Kier molecular flexibility index (Phi) is 2.73. The highest BCUT2D eigenvalue weighted by atomic mass is 19.1. The average molecular weight is 213 g/mol. The van der Waals surface area contributed by atoms with Gasteiger partial charge in [0.05, 0.1) is 0 Å². The normalized spacial score (nSPS) is 10.1. The molecule has 0 amide bonds. The second-order valence-corrected chi connectivity index (χ2v) is 3.56. The largest absolute Gasteiger partial charge is 0.399 e. The van der Waals surface area contributed by atoms with Crippen LogP contribution in [0.1, 0.15) is 5.56 Å². The lowest BCUT2D eigenvalue weighted by atomic mass is 9.99. The van der Waals surface area contributed by atoms with E-state index in [0.29, 0.717) is 5.69 Å².